The van der Waals surface area contributed by atoms with Gasteiger partial charge in [0.15, 0.2) is 0 Å². The van der Waals surface area contributed by atoms with Crippen LogP contribution in [0.2, 0.25) is 0 Å². The molecular formula is C16H15FO4. The number of hydrogen-bond donors (Lipinski definition) is 1. The van der Waals surface area contributed by atoms with Crippen LogP contribution in [-0.2, 0) is 9.47 Å². The molecule has 0 fully saturated rings. The van der Waals surface area contributed by atoms with Crippen LogP contribution >= 0.6 is 0 Å². The molecule has 0 spiro atoms. The minimum absolute atomic E-state index is 0.0337. The standard InChI is InChI=1S/C16H15FO4/c1-20-7-8-21-16(19)14-10-12(17)9-13(15(14)18)11-5-3-2-4-6-11/h2-6,9-10,18H,7-8H2,1H3. The van der Waals surface area contributed by atoms with Crippen molar-refractivity contribution in [3.63, 3.8) is 0 Å². The number of phenolic OH excluding ortho intramolecular Hbond substituents is 1. The first kappa shape index (κ1) is 15.0. The maximum Gasteiger partial charge on any atom is 0.342 e. The molecule has 0 amide bonds. The Morgan fingerprint density at radius 2 is 1.90 bits per heavy atom. The molecule has 2 rings (SSSR count). The number of carbonyl (C=O) groups excluding carboxylic acids is 1. The van der Waals surface area contributed by atoms with Crippen molar-refractivity contribution in [3.05, 3.63) is 53.8 Å². The van der Waals surface area contributed by atoms with Gasteiger partial charge in [0.25, 0.3) is 0 Å². The molecule has 0 heterocycles. The lowest BCUT2D eigenvalue weighted by Crippen LogP contribution is -2.10. The molecule has 0 bridgehead atoms. The van der Waals surface area contributed by atoms with Crippen LogP contribution in [0.1, 0.15) is 10.4 Å². The molecule has 0 aliphatic rings. The van der Waals surface area contributed by atoms with E-state index in [0.29, 0.717) is 5.56 Å². The molecule has 110 valence electrons. The molecule has 2 aromatic rings. The second-order valence-electron chi connectivity index (χ2n) is 4.34. The number of benzene rings is 2. The van der Waals surface area contributed by atoms with E-state index in [1.807, 2.05) is 0 Å². The summed E-state index contributed by atoms with van der Waals surface area (Å²) < 4.78 is 23.4. The minimum Gasteiger partial charge on any atom is -0.506 e. The smallest absolute Gasteiger partial charge is 0.342 e. The predicted octanol–water partition coefficient (Wildman–Crippen LogP) is 3.00. The van der Waals surface area contributed by atoms with Gasteiger partial charge < -0.3 is 14.6 Å². The first-order valence-corrected chi connectivity index (χ1v) is 6.37. The molecule has 0 atom stereocenters. The van der Waals surface area contributed by atoms with Crippen LogP contribution < -0.4 is 0 Å². The summed E-state index contributed by atoms with van der Waals surface area (Å²) in [6, 6.07) is 10.9. The van der Waals surface area contributed by atoms with Gasteiger partial charge in [-0.15, -0.1) is 0 Å². The van der Waals surface area contributed by atoms with Gasteiger partial charge >= 0.3 is 5.97 Å². The summed E-state index contributed by atoms with van der Waals surface area (Å²) in [5.74, 6) is -1.71. The highest BCUT2D eigenvalue weighted by Crippen LogP contribution is 2.33. The van der Waals surface area contributed by atoms with Crippen molar-refractivity contribution in [2.24, 2.45) is 0 Å². The Morgan fingerprint density at radius 3 is 2.57 bits per heavy atom. The van der Waals surface area contributed by atoms with E-state index in [1.165, 1.54) is 13.2 Å². The van der Waals surface area contributed by atoms with Gasteiger partial charge in [0.1, 0.15) is 23.7 Å². The SMILES string of the molecule is COCCOC(=O)c1cc(F)cc(-c2ccccc2)c1O. The zero-order valence-electron chi connectivity index (χ0n) is 11.5. The molecule has 0 aliphatic carbocycles. The number of ether oxygens (including phenoxy) is 2. The Labute approximate surface area is 121 Å². The van der Waals surface area contributed by atoms with Gasteiger partial charge in [0, 0.05) is 12.7 Å². The summed E-state index contributed by atoms with van der Waals surface area (Å²) >= 11 is 0. The molecule has 0 radical (unpaired) electrons. The molecule has 0 aliphatic heterocycles. The van der Waals surface area contributed by atoms with E-state index in [0.717, 1.165) is 6.07 Å². The van der Waals surface area contributed by atoms with Crippen molar-refractivity contribution >= 4 is 5.97 Å². The molecule has 1 N–H and O–H groups in total. The van der Waals surface area contributed by atoms with Crippen LogP contribution in [-0.4, -0.2) is 31.4 Å². The fourth-order valence-electron chi connectivity index (χ4n) is 1.89. The zero-order valence-corrected chi connectivity index (χ0v) is 11.5. The second kappa shape index (κ2) is 6.85. The van der Waals surface area contributed by atoms with Crippen LogP contribution in [0.5, 0.6) is 5.75 Å². The second-order valence-corrected chi connectivity index (χ2v) is 4.34. The van der Waals surface area contributed by atoms with Gasteiger partial charge in [-0.2, -0.15) is 0 Å². The average Bonchev–Trinajstić information content (AvgIpc) is 2.50. The maximum absolute atomic E-state index is 13.7. The summed E-state index contributed by atoms with van der Waals surface area (Å²) in [4.78, 5) is 11.9. The Bertz CT molecular complexity index is 626. The predicted molar refractivity (Wildman–Crippen MR) is 75.7 cm³/mol. The van der Waals surface area contributed by atoms with Crippen molar-refractivity contribution in [2.75, 3.05) is 20.3 Å². The van der Waals surface area contributed by atoms with E-state index in [1.54, 1.807) is 30.3 Å². The van der Waals surface area contributed by atoms with E-state index >= 15 is 0 Å². The summed E-state index contributed by atoms with van der Waals surface area (Å²) in [5.41, 5.74) is 0.652. The van der Waals surface area contributed by atoms with Gasteiger partial charge in [-0.3, -0.25) is 0 Å². The molecule has 0 aromatic heterocycles. The van der Waals surface area contributed by atoms with Crippen molar-refractivity contribution in [1.29, 1.82) is 0 Å². The molecule has 21 heavy (non-hydrogen) atoms. The molecule has 0 unspecified atom stereocenters. The average molecular weight is 290 g/mol. The third-order valence-electron chi connectivity index (χ3n) is 2.90. The molecule has 4 nitrogen and oxygen atoms in total. The number of phenols is 1. The third kappa shape index (κ3) is 3.58. The van der Waals surface area contributed by atoms with E-state index in [9.17, 15) is 14.3 Å². The van der Waals surface area contributed by atoms with Gasteiger partial charge in [-0.05, 0) is 17.7 Å². The van der Waals surface area contributed by atoms with Gasteiger partial charge in [-0.1, -0.05) is 30.3 Å². The van der Waals surface area contributed by atoms with E-state index in [-0.39, 0.29) is 30.1 Å². The first-order valence-electron chi connectivity index (χ1n) is 6.37. The zero-order chi connectivity index (χ0) is 15.2. The Morgan fingerprint density at radius 1 is 1.19 bits per heavy atom. The lowest BCUT2D eigenvalue weighted by molar-refractivity contribution is 0.0384. The largest absolute Gasteiger partial charge is 0.506 e. The number of halogens is 1. The molecule has 0 saturated carbocycles. The van der Waals surface area contributed by atoms with Crippen molar-refractivity contribution in [2.45, 2.75) is 0 Å². The molecule has 5 heteroatoms. The highest BCUT2D eigenvalue weighted by atomic mass is 19.1. The van der Waals surface area contributed by atoms with Gasteiger partial charge in [0.2, 0.25) is 0 Å². The summed E-state index contributed by atoms with van der Waals surface area (Å²) in [6.07, 6.45) is 0. The Kier molecular flexibility index (Phi) is 4.90. The fraction of sp³-hybridized carbons (Fsp3) is 0.188. The normalized spacial score (nSPS) is 10.4. The van der Waals surface area contributed by atoms with Crippen molar-refractivity contribution in [3.8, 4) is 16.9 Å². The minimum atomic E-state index is -0.791. The van der Waals surface area contributed by atoms with E-state index in [2.05, 4.69) is 0 Å². The van der Waals surface area contributed by atoms with E-state index < -0.39 is 11.8 Å². The van der Waals surface area contributed by atoms with Crippen LogP contribution in [0.3, 0.4) is 0 Å². The van der Waals surface area contributed by atoms with E-state index in [4.69, 9.17) is 9.47 Å². The highest BCUT2D eigenvalue weighted by Gasteiger charge is 2.18. The van der Waals surface area contributed by atoms with Crippen molar-refractivity contribution < 1.29 is 23.8 Å². The number of rotatable bonds is 5. The molecular weight excluding hydrogens is 275 g/mol. The topological polar surface area (TPSA) is 55.8 Å². The molecule has 0 saturated heterocycles. The Hall–Kier alpha value is -2.40. The van der Waals surface area contributed by atoms with Crippen LogP contribution in [0.25, 0.3) is 11.1 Å². The fourth-order valence-corrected chi connectivity index (χ4v) is 1.89. The van der Waals surface area contributed by atoms with Crippen LogP contribution in [0.4, 0.5) is 4.39 Å². The van der Waals surface area contributed by atoms with Crippen LogP contribution in [0, 0.1) is 5.82 Å². The quantitative estimate of drug-likeness (QED) is 0.679. The monoisotopic (exact) mass is 290 g/mol. The van der Waals surface area contributed by atoms with Crippen molar-refractivity contribution in [1.82, 2.24) is 0 Å². The number of carbonyl (C=O) groups is 1. The maximum atomic E-state index is 13.7. The Balaban J connectivity index is 2.35. The summed E-state index contributed by atoms with van der Waals surface area (Å²) in [7, 11) is 1.47. The number of aromatic hydroxyl groups is 1. The number of hydrogen-bond acceptors (Lipinski definition) is 4. The first-order chi connectivity index (χ1) is 10.1. The lowest BCUT2D eigenvalue weighted by Gasteiger charge is -2.10. The van der Waals surface area contributed by atoms with Crippen LogP contribution in [0.15, 0.2) is 42.5 Å². The number of methoxy groups -OCH3 is 1. The lowest BCUT2D eigenvalue weighted by atomic mass is 10.0. The third-order valence-corrected chi connectivity index (χ3v) is 2.90. The highest BCUT2D eigenvalue weighted by molar-refractivity contribution is 5.95. The summed E-state index contributed by atoms with van der Waals surface area (Å²) in [6.45, 7) is 0.263. The summed E-state index contributed by atoms with van der Waals surface area (Å²) in [5, 5.41) is 10.2. The molecule has 2 aromatic carbocycles. The number of esters is 1. The van der Waals surface area contributed by atoms with Gasteiger partial charge in [-0.25, -0.2) is 9.18 Å². The van der Waals surface area contributed by atoms with Gasteiger partial charge in [0.05, 0.1) is 6.61 Å².